The fraction of sp³-hybridized carbons (Fsp3) is 1.00. The van der Waals surface area contributed by atoms with Crippen LogP contribution in [0, 0.1) is 0 Å². The molecule has 3 N–H and O–H groups in total. The van der Waals surface area contributed by atoms with Crippen LogP contribution in [-0.4, -0.2) is 61.4 Å². The second-order valence-electron chi connectivity index (χ2n) is 4.79. The Bertz CT molecular complexity index is 136. The van der Waals surface area contributed by atoms with Gasteiger partial charge in [-0.2, -0.15) is 0 Å². The Hall–Kier alpha value is -0.160. The molecule has 1 rings (SSSR count). The summed E-state index contributed by atoms with van der Waals surface area (Å²) in [5.74, 6) is 0. The molecule has 0 unspecified atom stereocenters. The highest BCUT2D eigenvalue weighted by Gasteiger charge is 2.06. The fourth-order valence-corrected chi connectivity index (χ4v) is 1.74. The molecule has 0 aromatic heterocycles. The third kappa shape index (κ3) is 10.4. The Morgan fingerprint density at radius 3 is 1.94 bits per heavy atom. The zero-order valence-electron chi connectivity index (χ0n) is 11.3. The van der Waals surface area contributed by atoms with Crippen LogP contribution in [-0.2, 0) is 0 Å². The summed E-state index contributed by atoms with van der Waals surface area (Å²) in [5, 5.41) is 15.1. The molecular weight excluding hydrogens is 202 g/mol. The highest BCUT2D eigenvalue weighted by atomic mass is 16.3. The van der Waals surface area contributed by atoms with E-state index >= 15 is 0 Å². The van der Waals surface area contributed by atoms with E-state index in [-0.39, 0.29) is 0 Å². The maximum absolute atomic E-state index is 8.56. The first-order valence-electron chi connectivity index (χ1n) is 6.36. The number of aliphatic hydroxyl groups excluding tert-OH is 1. The van der Waals surface area contributed by atoms with Crippen molar-refractivity contribution in [3.05, 3.63) is 0 Å². The third-order valence-corrected chi connectivity index (χ3v) is 2.29. The standard InChI is InChI=1S/C6H14N2O.C6H15N/c9-6-5-8-3-1-7-2-4-8;1-5(2)7-6(3)4/h7,9H,1-6H2;5-7H,1-4H3. The lowest BCUT2D eigenvalue weighted by Crippen LogP contribution is -2.44. The fourth-order valence-electron chi connectivity index (χ4n) is 1.74. The average Bonchev–Trinajstić information content (AvgIpc) is 2.18. The van der Waals surface area contributed by atoms with Crippen LogP contribution in [0.2, 0.25) is 0 Å². The van der Waals surface area contributed by atoms with Gasteiger partial charge in [0.1, 0.15) is 0 Å². The van der Waals surface area contributed by atoms with E-state index in [9.17, 15) is 0 Å². The van der Waals surface area contributed by atoms with Gasteiger partial charge in [-0.15, -0.1) is 0 Å². The van der Waals surface area contributed by atoms with Crippen LogP contribution in [0.5, 0.6) is 0 Å². The van der Waals surface area contributed by atoms with Crippen LogP contribution in [0.4, 0.5) is 0 Å². The van der Waals surface area contributed by atoms with Gasteiger partial charge in [0.2, 0.25) is 0 Å². The quantitative estimate of drug-likeness (QED) is 0.650. The van der Waals surface area contributed by atoms with Gasteiger partial charge in [-0.3, -0.25) is 4.90 Å². The summed E-state index contributed by atoms with van der Waals surface area (Å²) in [6.07, 6.45) is 0. The highest BCUT2D eigenvalue weighted by molar-refractivity contribution is 4.66. The Kier molecular flexibility index (Phi) is 9.92. The molecule has 1 aliphatic heterocycles. The lowest BCUT2D eigenvalue weighted by Gasteiger charge is -2.25. The Labute approximate surface area is 100 Å². The maximum atomic E-state index is 8.56. The largest absolute Gasteiger partial charge is 0.395 e. The molecule has 1 heterocycles. The second-order valence-corrected chi connectivity index (χ2v) is 4.79. The molecule has 98 valence electrons. The number of aliphatic hydroxyl groups is 1. The third-order valence-electron chi connectivity index (χ3n) is 2.29. The first-order valence-corrected chi connectivity index (χ1v) is 6.36. The molecular formula is C12H29N3O. The first kappa shape index (κ1) is 15.8. The minimum Gasteiger partial charge on any atom is -0.395 e. The van der Waals surface area contributed by atoms with Crippen molar-refractivity contribution >= 4 is 0 Å². The molecule has 4 heteroatoms. The van der Waals surface area contributed by atoms with Crippen molar-refractivity contribution in [1.82, 2.24) is 15.5 Å². The molecule has 4 nitrogen and oxygen atoms in total. The minimum atomic E-state index is 0.292. The second kappa shape index (κ2) is 10.0. The summed E-state index contributed by atoms with van der Waals surface area (Å²) >= 11 is 0. The van der Waals surface area contributed by atoms with E-state index in [1.807, 2.05) is 0 Å². The van der Waals surface area contributed by atoms with Gasteiger partial charge in [-0.05, 0) is 0 Å². The number of rotatable bonds is 4. The van der Waals surface area contributed by atoms with Crippen LogP contribution in [0.3, 0.4) is 0 Å². The van der Waals surface area contributed by atoms with E-state index in [0.717, 1.165) is 32.7 Å². The van der Waals surface area contributed by atoms with E-state index in [2.05, 4.69) is 43.2 Å². The molecule has 0 atom stereocenters. The van der Waals surface area contributed by atoms with Gasteiger partial charge in [-0.25, -0.2) is 0 Å². The molecule has 0 spiro atoms. The molecule has 0 aliphatic carbocycles. The topological polar surface area (TPSA) is 47.5 Å². The van der Waals surface area contributed by atoms with Crippen LogP contribution in [0.25, 0.3) is 0 Å². The molecule has 0 saturated carbocycles. The van der Waals surface area contributed by atoms with Crippen molar-refractivity contribution in [2.45, 2.75) is 39.8 Å². The number of nitrogens with zero attached hydrogens (tertiary/aromatic N) is 1. The summed E-state index contributed by atoms with van der Waals surface area (Å²) in [6.45, 7) is 14.0. The van der Waals surface area contributed by atoms with Gasteiger partial charge in [0.15, 0.2) is 0 Å². The summed E-state index contributed by atoms with van der Waals surface area (Å²) in [4.78, 5) is 2.26. The zero-order valence-corrected chi connectivity index (χ0v) is 11.3. The molecule has 0 aromatic carbocycles. The molecule has 0 aromatic rings. The number of nitrogens with one attached hydrogen (secondary N) is 2. The van der Waals surface area contributed by atoms with Crippen LogP contribution < -0.4 is 10.6 Å². The molecule has 1 fully saturated rings. The van der Waals surface area contributed by atoms with Crippen molar-refractivity contribution in [2.24, 2.45) is 0 Å². The SMILES string of the molecule is CC(C)NC(C)C.OCCN1CCNCC1. The van der Waals surface area contributed by atoms with Gasteiger partial charge < -0.3 is 15.7 Å². The van der Waals surface area contributed by atoms with Gasteiger partial charge in [0.05, 0.1) is 6.61 Å². The number of β-amino-alcohol motifs (C(OH)–C–C–N with tert-alkyl or cyclic N) is 1. The van der Waals surface area contributed by atoms with E-state index < -0.39 is 0 Å². The predicted octanol–water partition coefficient (Wildman–Crippen LogP) is 0.277. The maximum Gasteiger partial charge on any atom is 0.0558 e. The smallest absolute Gasteiger partial charge is 0.0558 e. The lowest BCUT2D eigenvalue weighted by atomic mass is 10.3. The van der Waals surface area contributed by atoms with E-state index in [0.29, 0.717) is 18.7 Å². The zero-order chi connectivity index (χ0) is 12.4. The van der Waals surface area contributed by atoms with Crippen molar-refractivity contribution in [3.63, 3.8) is 0 Å². The molecule has 0 amide bonds. The normalized spacial score (nSPS) is 17.4. The average molecular weight is 231 g/mol. The highest BCUT2D eigenvalue weighted by Crippen LogP contribution is 1.88. The molecule has 1 aliphatic rings. The van der Waals surface area contributed by atoms with E-state index in [1.54, 1.807) is 0 Å². The Balaban J connectivity index is 0.000000293. The van der Waals surface area contributed by atoms with Crippen molar-refractivity contribution < 1.29 is 5.11 Å². The van der Waals surface area contributed by atoms with Crippen molar-refractivity contribution in [1.29, 1.82) is 0 Å². The van der Waals surface area contributed by atoms with Crippen LogP contribution in [0.15, 0.2) is 0 Å². The monoisotopic (exact) mass is 231 g/mol. The summed E-state index contributed by atoms with van der Waals surface area (Å²) in [5.41, 5.74) is 0. The molecule has 0 bridgehead atoms. The molecule has 0 radical (unpaired) electrons. The predicted molar refractivity (Wildman–Crippen MR) is 69.8 cm³/mol. The first-order chi connectivity index (χ1) is 7.56. The number of piperazine rings is 1. The number of hydrogen-bond acceptors (Lipinski definition) is 4. The summed E-state index contributed by atoms with van der Waals surface area (Å²) in [7, 11) is 0. The van der Waals surface area contributed by atoms with Crippen molar-refractivity contribution in [3.8, 4) is 0 Å². The molecule has 1 saturated heterocycles. The number of hydrogen-bond donors (Lipinski definition) is 3. The Morgan fingerprint density at radius 1 is 1.12 bits per heavy atom. The van der Waals surface area contributed by atoms with Gasteiger partial charge in [-0.1, -0.05) is 27.7 Å². The summed E-state index contributed by atoms with van der Waals surface area (Å²) in [6, 6.07) is 1.25. The van der Waals surface area contributed by atoms with Crippen molar-refractivity contribution in [2.75, 3.05) is 39.3 Å². The van der Waals surface area contributed by atoms with Gasteiger partial charge >= 0.3 is 0 Å². The van der Waals surface area contributed by atoms with Gasteiger partial charge in [0.25, 0.3) is 0 Å². The van der Waals surface area contributed by atoms with E-state index in [1.165, 1.54) is 0 Å². The molecule has 16 heavy (non-hydrogen) atoms. The van der Waals surface area contributed by atoms with Gasteiger partial charge in [0, 0.05) is 44.8 Å². The van der Waals surface area contributed by atoms with Crippen LogP contribution >= 0.6 is 0 Å². The van der Waals surface area contributed by atoms with Crippen LogP contribution in [0.1, 0.15) is 27.7 Å². The Morgan fingerprint density at radius 2 is 1.62 bits per heavy atom. The minimum absolute atomic E-state index is 0.292. The summed E-state index contributed by atoms with van der Waals surface area (Å²) < 4.78 is 0. The lowest BCUT2D eigenvalue weighted by molar-refractivity contribution is 0.180. The van der Waals surface area contributed by atoms with E-state index in [4.69, 9.17) is 5.11 Å².